The van der Waals surface area contributed by atoms with Crippen LogP contribution >= 0.6 is 11.6 Å². The SMILES string of the molecule is CC(C#N)C1CCCCCC1c1cccc(Cl)c1. The first-order valence-electron chi connectivity index (χ1n) is 6.87. The van der Waals surface area contributed by atoms with Crippen LogP contribution in [-0.2, 0) is 0 Å². The van der Waals surface area contributed by atoms with Crippen LogP contribution < -0.4 is 0 Å². The van der Waals surface area contributed by atoms with E-state index in [2.05, 4.69) is 25.1 Å². The molecular weight excluding hydrogens is 242 g/mol. The lowest BCUT2D eigenvalue weighted by atomic mass is 9.76. The van der Waals surface area contributed by atoms with Gasteiger partial charge in [-0.3, -0.25) is 0 Å². The summed E-state index contributed by atoms with van der Waals surface area (Å²) < 4.78 is 0. The van der Waals surface area contributed by atoms with Crippen molar-refractivity contribution in [3.05, 3.63) is 34.9 Å². The zero-order valence-corrected chi connectivity index (χ0v) is 11.7. The number of hydrogen-bond donors (Lipinski definition) is 0. The van der Waals surface area contributed by atoms with Gasteiger partial charge in [-0.25, -0.2) is 0 Å². The van der Waals surface area contributed by atoms with Gasteiger partial charge < -0.3 is 0 Å². The second-order valence-corrected chi connectivity index (χ2v) is 5.82. The van der Waals surface area contributed by atoms with Gasteiger partial charge in [-0.2, -0.15) is 5.26 Å². The van der Waals surface area contributed by atoms with Crippen molar-refractivity contribution in [3.8, 4) is 6.07 Å². The Morgan fingerprint density at radius 1 is 1.28 bits per heavy atom. The molecule has 0 aliphatic heterocycles. The third-order valence-electron chi connectivity index (χ3n) is 4.19. The quantitative estimate of drug-likeness (QED) is 0.674. The Hall–Kier alpha value is -1.00. The Bertz CT molecular complexity index is 435. The molecule has 0 radical (unpaired) electrons. The van der Waals surface area contributed by atoms with Crippen LogP contribution in [0, 0.1) is 23.2 Å². The van der Waals surface area contributed by atoms with Crippen molar-refractivity contribution < 1.29 is 0 Å². The van der Waals surface area contributed by atoms with Gasteiger partial charge in [0.1, 0.15) is 0 Å². The minimum absolute atomic E-state index is 0.132. The molecule has 0 heterocycles. The molecular formula is C16H20ClN. The summed E-state index contributed by atoms with van der Waals surface area (Å²) in [6, 6.07) is 10.6. The number of hydrogen-bond acceptors (Lipinski definition) is 1. The Kier molecular flexibility index (Phi) is 4.66. The number of nitrogens with zero attached hydrogens (tertiary/aromatic N) is 1. The summed E-state index contributed by atoms with van der Waals surface area (Å²) >= 11 is 6.10. The van der Waals surface area contributed by atoms with E-state index in [-0.39, 0.29) is 5.92 Å². The second kappa shape index (κ2) is 6.25. The van der Waals surface area contributed by atoms with Crippen LogP contribution in [0.5, 0.6) is 0 Å². The molecule has 0 spiro atoms. The molecule has 0 N–H and O–H groups in total. The van der Waals surface area contributed by atoms with E-state index in [0.717, 1.165) is 5.02 Å². The molecule has 3 unspecified atom stereocenters. The lowest BCUT2D eigenvalue weighted by molar-refractivity contribution is 0.331. The largest absolute Gasteiger partial charge is 0.198 e. The van der Waals surface area contributed by atoms with E-state index >= 15 is 0 Å². The topological polar surface area (TPSA) is 23.8 Å². The zero-order chi connectivity index (χ0) is 13.0. The Balaban J connectivity index is 2.28. The Morgan fingerprint density at radius 2 is 2.06 bits per heavy atom. The van der Waals surface area contributed by atoms with Crippen molar-refractivity contribution in [1.82, 2.24) is 0 Å². The van der Waals surface area contributed by atoms with Gasteiger partial charge in [-0.15, -0.1) is 0 Å². The molecule has 1 aromatic carbocycles. The van der Waals surface area contributed by atoms with E-state index < -0.39 is 0 Å². The third kappa shape index (κ3) is 3.06. The minimum Gasteiger partial charge on any atom is -0.198 e. The normalized spacial score (nSPS) is 26.1. The molecule has 2 rings (SSSR count). The van der Waals surface area contributed by atoms with Gasteiger partial charge in [0.2, 0.25) is 0 Å². The molecule has 1 aliphatic carbocycles. The fourth-order valence-electron chi connectivity index (χ4n) is 3.18. The maximum Gasteiger partial charge on any atom is 0.0656 e. The van der Waals surface area contributed by atoms with Crippen molar-refractivity contribution >= 4 is 11.6 Å². The molecule has 0 saturated heterocycles. The highest BCUT2D eigenvalue weighted by Crippen LogP contribution is 2.40. The molecule has 1 nitrogen and oxygen atoms in total. The molecule has 0 aromatic heterocycles. The molecule has 1 aliphatic rings. The summed E-state index contributed by atoms with van der Waals surface area (Å²) in [4.78, 5) is 0. The Labute approximate surface area is 115 Å². The fraction of sp³-hybridized carbons (Fsp3) is 0.562. The van der Waals surface area contributed by atoms with E-state index in [0.29, 0.717) is 11.8 Å². The summed E-state index contributed by atoms with van der Waals surface area (Å²) in [6.07, 6.45) is 6.19. The standard InChI is InChI=1S/C16H20ClN/c1-12(11-18)15-8-3-2-4-9-16(15)13-6-5-7-14(17)10-13/h5-7,10,12,15-16H,2-4,8-9H2,1H3. The van der Waals surface area contributed by atoms with Crippen LogP contribution in [0.3, 0.4) is 0 Å². The summed E-state index contributed by atoms with van der Waals surface area (Å²) in [7, 11) is 0. The highest BCUT2D eigenvalue weighted by atomic mass is 35.5. The lowest BCUT2D eigenvalue weighted by Gasteiger charge is -2.27. The van der Waals surface area contributed by atoms with E-state index in [9.17, 15) is 5.26 Å². The first-order valence-corrected chi connectivity index (χ1v) is 7.25. The average Bonchev–Trinajstić information content (AvgIpc) is 2.63. The summed E-state index contributed by atoms with van der Waals surface area (Å²) in [6.45, 7) is 2.06. The molecule has 1 aromatic rings. The van der Waals surface area contributed by atoms with Gasteiger partial charge in [-0.05, 0) is 49.3 Å². The van der Waals surface area contributed by atoms with Gasteiger partial charge in [0.15, 0.2) is 0 Å². The second-order valence-electron chi connectivity index (χ2n) is 5.38. The smallest absolute Gasteiger partial charge is 0.0656 e. The summed E-state index contributed by atoms with van der Waals surface area (Å²) in [5.41, 5.74) is 1.32. The Morgan fingerprint density at radius 3 is 2.78 bits per heavy atom. The molecule has 1 saturated carbocycles. The highest BCUT2D eigenvalue weighted by molar-refractivity contribution is 6.30. The predicted molar refractivity (Wildman–Crippen MR) is 75.5 cm³/mol. The molecule has 0 amide bonds. The van der Waals surface area contributed by atoms with Crippen molar-refractivity contribution in [3.63, 3.8) is 0 Å². The van der Waals surface area contributed by atoms with Crippen LogP contribution in [0.25, 0.3) is 0 Å². The average molecular weight is 262 g/mol. The van der Waals surface area contributed by atoms with Gasteiger partial charge in [0.25, 0.3) is 0 Å². The molecule has 3 atom stereocenters. The van der Waals surface area contributed by atoms with E-state index in [1.165, 1.54) is 37.7 Å². The zero-order valence-electron chi connectivity index (χ0n) is 10.9. The van der Waals surface area contributed by atoms with Crippen LogP contribution in [-0.4, -0.2) is 0 Å². The van der Waals surface area contributed by atoms with Gasteiger partial charge in [-0.1, -0.05) is 43.0 Å². The van der Waals surface area contributed by atoms with E-state index in [1.54, 1.807) is 0 Å². The molecule has 0 bridgehead atoms. The van der Waals surface area contributed by atoms with Crippen molar-refractivity contribution in [1.29, 1.82) is 5.26 Å². The maximum atomic E-state index is 9.22. The monoisotopic (exact) mass is 261 g/mol. The maximum absolute atomic E-state index is 9.22. The molecule has 18 heavy (non-hydrogen) atoms. The first-order chi connectivity index (χ1) is 8.72. The predicted octanol–water partition coefficient (Wildman–Crippen LogP) is 5.16. The molecule has 1 fully saturated rings. The van der Waals surface area contributed by atoms with E-state index in [4.69, 9.17) is 11.6 Å². The number of halogens is 1. The van der Waals surface area contributed by atoms with Crippen LogP contribution in [0.2, 0.25) is 5.02 Å². The highest BCUT2D eigenvalue weighted by Gasteiger charge is 2.29. The third-order valence-corrected chi connectivity index (χ3v) is 4.43. The molecule has 96 valence electrons. The summed E-state index contributed by atoms with van der Waals surface area (Å²) in [5, 5.41) is 10.0. The minimum atomic E-state index is 0.132. The van der Waals surface area contributed by atoms with Gasteiger partial charge in [0, 0.05) is 10.9 Å². The van der Waals surface area contributed by atoms with Crippen molar-refractivity contribution in [2.24, 2.45) is 11.8 Å². The van der Waals surface area contributed by atoms with Gasteiger partial charge in [0.05, 0.1) is 6.07 Å². The summed E-state index contributed by atoms with van der Waals surface area (Å²) in [5.74, 6) is 1.11. The first kappa shape index (κ1) is 13.4. The lowest BCUT2D eigenvalue weighted by Crippen LogP contribution is -2.18. The van der Waals surface area contributed by atoms with Crippen molar-refractivity contribution in [2.45, 2.75) is 44.9 Å². The van der Waals surface area contributed by atoms with Crippen LogP contribution in [0.15, 0.2) is 24.3 Å². The van der Waals surface area contributed by atoms with Crippen LogP contribution in [0.1, 0.15) is 50.5 Å². The number of rotatable bonds is 2. The molecule has 2 heteroatoms. The van der Waals surface area contributed by atoms with Crippen LogP contribution in [0.4, 0.5) is 0 Å². The van der Waals surface area contributed by atoms with E-state index in [1.807, 2.05) is 12.1 Å². The van der Waals surface area contributed by atoms with Gasteiger partial charge >= 0.3 is 0 Å². The van der Waals surface area contributed by atoms with Crippen molar-refractivity contribution in [2.75, 3.05) is 0 Å². The number of benzene rings is 1. The fourth-order valence-corrected chi connectivity index (χ4v) is 3.38. The number of nitriles is 1.